The second kappa shape index (κ2) is 5.97. The topological polar surface area (TPSA) is 58.4 Å². The van der Waals surface area contributed by atoms with Crippen LogP contribution in [0.1, 0.15) is 38.5 Å². The summed E-state index contributed by atoms with van der Waals surface area (Å²) >= 11 is 5.04. The fourth-order valence-electron chi connectivity index (χ4n) is 2.80. The largest absolute Gasteiger partial charge is 0.392 e. The number of nitrogens with one attached hydrogen (secondary N) is 1. The Morgan fingerprint density at radius 2 is 1.89 bits per heavy atom. The van der Waals surface area contributed by atoms with Crippen molar-refractivity contribution in [3.63, 3.8) is 0 Å². The van der Waals surface area contributed by atoms with Gasteiger partial charge >= 0.3 is 0 Å². The van der Waals surface area contributed by atoms with E-state index in [-0.39, 0.29) is 5.91 Å². The maximum absolute atomic E-state index is 12.1. The van der Waals surface area contributed by atoms with Crippen LogP contribution in [0.25, 0.3) is 0 Å². The second-order valence-corrected chi connectivity index (χ2v) is 5.90. The molecular formula is C13H23N3OS. The molecule has 0 unspecified atom stereocenters. The average Bonchev–Trinajstić information content (AvgIpc) is 2.28. The summed E-state index contributed by atoms with van der Waals surface area (Å²) in [4.78, 5) is 14.9. The monoisotopic (exact) mass is 269 g/mol. The predicted molar refractivity (Wildman–Crippen MR) is 76.4 cm³/mol. The molecule has 4 nitrogen and oxygen atoms in total. The first-order valence-electron chi connectivity index (χ1n) is 6.96. The summed E-state index contributed by atoms with van der Waals surface area (Å²) in [6.45, 7) is 3.98. The van der Waals surface area contributed by atoms with E-state index in [9.17, 15) is 4.79 Å². The van der Waals surface area contributed by atoms with Gasteiger partial charge in [0, 0.05) is 13.1 Å². The highest BCUT2D eigenvalue weighted by molar-refractivity contribution is 7.80. The molecule has 0 spiro atoms. The first-order chi connectivity index (χ1) is 8.65. The molecule has 0 aromatic heterocycles. The van der Waals surface area contributed by atoms with E-state index < -0.39 is 5.41 Å². The first-order valence-corrected chi connectivity index (χ1v) is 7.36. The van der Waals surface area contributed by atoms with Crippen LogP contribution in [-0.4, -0.2) is 42.0 Å². The van der Waals surface area contributed by atoms with Gasteiger partial charge < -0.3 is 16.0 Å². The molecule has 1 saturated heterocycles. The third-order valence-corrected chi connectivity index (χ3v) is 4.67. The molecule has 2 rings (SSSR count). The average molecular weight is 269 g/mol. The molecule has 2 fully saturated rings. The molecule has 18 heavy (non-hydrogen) atoms. The number of rotatable bonds is 5. The molecule has 1 aliphatic carbocycles. The first kappa shape index (κ1) is 13.7. The standard InChI is InChI=1S/C13H23N3OS/c14-11(18)13(5-4-6-13)12(17)15-7-10-16-8-2-1-3-9-16/h1-10H2,(H2,14,18)(H,15,17). The zero-order valence-corrected chi connectivity index (χ0v) is 11.7. The molecule has 102 valence electrons. The number of hydrogen-bond acceptors (Lipinski definition) is 3. The lowest BCUT2D eigenvalue weighted by Gasteiger charge is -2.39. The van der Waals surface area contributed by atoms with Gasteiger partial charge in [0.1, 0.15) is 0 Å². The molecular weight excluding hydrogens is 246 g/mol. The summed E-state index contributed by atoms with van der Waals surface area (Å²) < 4.78 is 0. The van der Waals surface area contributed by atoms with E-state index in [1.165, 1.54) is 19.3 Å². The van der Waals surface area contributed by atoms with Gasteiger partial charge in [-0.1, -0.05) is 25.1 Å². The summed E-state index contributed by atoms with van der Waals surface area (Å²) in [5.41, 5.74) is 5.18. The van der Waals surface area contributed by atoms with Crippen LogP contribution in [0.5, 0.6) is 0 Å². The Bertz CT molecular complexity index is 322. The van der Waals surface area contributed by atoms with Gasteiger partial charge in [0.15, 0.2) is 0 Å². The van der Waals surface area contributed by atoms with Crippen molar-refractivity contribution in [1.82, 2.24) is 10.2 Å². The highest BCUT2D eigenvalue weighted by atomic mass is 32.1. The Labute approximate surface area is 114 Å². The number of likely N-dealkylation sites (tertiary alicyclic amines) is 1. The minimum atomic E-state index is -0.531. The van der Waals surface area contributed by atoms with Gasteiger partial charge in [-0.2, -0.15) is 0 Å². The number of carbonyl (C=O) groups excluding carboxylic acids is 1. The summed E-state index contributed by atoms with van der Waals surface area (Å²) in [6, 6.07) is 0. The number of piperidine rings is 1. The Morgan fingerprint density at radius 3 is 2.39 bits per heavy atom. The highest BCUT2D eigenvalue weighted by Gasteiger charge is 2.46. The normalized spacial score (nSPS) is 23.1. The van der Waals surface area contributed by atoms with E-state index in [2.05, 4.69) is 10.2 Å². The van der Waals surface area contributed by atoms with Gasteiger partial charge in [0.2, 0.25) is 5.91 Å². The lowest BCUT2D eigenvalue weighted by atomic mass is 9.68. The van der Waals surface area contributed by atoms with E-state index >= 15 is 0 Å². The molecule has 1 heterocycles. The minimum Gasteiger partial charge on any atom is -0.392 e. The van der Waals surface area contributed by atoms with Crippen molar-refractivity contribution in [2.75, 3.05) is 26.2 Å². The van der Waals surface area contributed by atoms with Crippen LogP contribution in [0.2, 0.25) is 0 Å². The minimum absolute atomic E-state index is 0.0401. The molecule has 0 radical (unpaired) electrons. The van der Waals surface area contributed by atoms with Crippen molar-refractivity contribution in [3.8, 4) is 0 Å². The fraction of sp³-hybridized carbons (Fsp3) is 0.846. The molecule has 0 aromatic rings. The molecule has 2 aliphatic rings. The predicted octanol–water partition coefficient (Wildman–Crippen LogP) is 1.04. The van der Waals surface area contributed by atoms with Crippen molar-refractivity contribution < 1.29 is 4.79 Å². The van der Waals surface area contributed by atoms with Crippen LogP contribution in [0.15, 0.2) is 0 Å². The number of hydrogen-bond donors (Lipinski definition) is 2. The Hall–Kier alpha value is -0.680. The fourth-order valence-corrected chi connectivity index (χ4v) is 3.09. The summed E-state index contributed by atoms with van der Waals surface area (Å²) in [7, 11) is 0. The van der Waals surface area contributed by atoms with Gasteiger partial charge in [0.05, 0.1) is 10.4 Å². The lowest BCUT2D eigenvalue weighted by molar-refractivity contribution is -0.130. The number of nitrogens with zero attached hydrogens (tertiary/aromatic N) is 1. The third-order valence-electron chi connectivity index (χ3n) is 4.28. The molecule has 1 amide bonds. The van der Waals surface area contributed by atoms with Crippen LogP contribution in [0.4, 0.5) is 0 Å². The van der Waals surface area contributed by atoms with Crippen molar-refractivity contribution in [2.45, 2.75) is 38.5 Å². The van der Waals surface area contributed by atoms with E-state index in [0.717, 1.165) is 38.9 Å². The highest BCUT2D eigenvalue weighted by Crippen LogP contribution is 2.41. The van der Waals surface area contributed by atoms with Gasteiger partial charge in [0.25, 0.3) is 0 Å². The lowest BCUT2D eigenvalue weighted by Crippen LogP contribution is -2.54. The van der Waals surface area contributed by atoms with E-state index in [1.54, 1.807) is 0 Å². The number of carbonyl (C=O) groups is 1. The van der Waals surface area contributed by atoms with Crippen LogP contribution in [0, 0.1) is 5.41 Å². The Kier molecular flexibility index (Phi) is 4.56. The van der Waals surface area contributed by atoms with Gasteiger partial charge in [-0.25, -0.2) is 0 Å². The molecule has 1 saturated carbocycles. The quantitative estimate of drug-likeness (QED) is 0.732. The summed E-state index contributed by atoms with van der Waals surface area (Å²) in [6.07, 6.45) is 6.59. The van der Waals surface area contributed by atoms with E-state index in [0.29, 0.717) is 11.5 Å². The van der Waals surface area contributed by atoms with Crippen LogP contribution < -0.4 is 11.1 Å². The van der Waals surface area contributed by atoms with E-state index in [1.807, 2.05) is 0 Å². The van der Waals surface area contributed by atoms with Crippen LogP contribution in [-0.2, 0) is 4.79 Å². The van der Waals surface area contributed by atoms with Crippen molar-refractivity contribution in [2.24, 2.45) is 11.1 Å². The van der Waals surface area contributed by atoms with Crippen molar-refractivity contribution in [3.05, 3.63) is 0 Å². The SMILES string of the molecule is NC(=S)C1(C(=O)NCCN2CCCCC2)CCC1. The van der Waals surface area contributed by atoms with Crippen molar-refractivity contribution >= 4 is 23.1 Å². The maximum Gasteiger partial charge on any atom is 0.233 e. The molecule has 0 aromatic carbocycles. The smallest absolute Gasteiger partial charge is 0.233 e. The number of amides is 1. The summed E-state index contributed by atoms with van der Waals surface area (Å²) in [5.74, 6) is 0.0401. The van der Waals surface area contributed by atoms with Crippen molar-refractivity contribution in [1.29, 1.82) is 0 Å². The molecule has 5 heteroatoms. The zero-order valence-electron chi connectivity index (χ0n) is 10.9. The molecule has 1 aliphatic heterocycles. The Balaban J connectivity index is 1.72. The maximum atomic E-state index is 12.1. The van der Waals surface area contributed by atoms with Gasteiger partial charge in [-0.05, 0) is 38.8 Å². The van der Waals surface area contributed by atoms with E-state index in [4.69, 9.17) is 18.0 Å². The van der Waals surface area contributed by atoms with Crippen LogP contribution >= 0.6 is 12.2 Å². The summed E-state index contributed by atoms with van der Waals surface area (Å²) in [5, 5.41) is 3.01. The molecule has 0 atom stereocenters. The van der Waals surface area contributed by atoms with Gasteiger partial charge in [-0.15, -0.1) is 0 Å². The van der Waals surface area contributed by atoms with Crippen LogP contribution in [0.3, 0.4) is 0 Å². The number of nitrogens with two attached hydrogens (primary N) is 1. The molecule has 3 N–H and O–H groups in total. The third kappa shape index (κ3) is 2.83. The molecule has 0 bridgehead atoms. The number of thiocarbonyl (C=S) groups is 1. The van der Waals surface area contributed by atoms with Gasteiger partial charge in [-0.3, -0.25) is 4.79 Å². The zero-order chi connectivity index (χ0) is 13.0. The second-order valence-electron chi connectivity index (χ2n) is 5.46. The Morgan fingerprint density at radius 1 is 1.22 bits per heavy atom.